The Morgan fingerprint density at radius 2 is 1.10 bits per heavy atom. The molecule has 2 saturated carbocycles. The SMILES string of the molecule is C1=C(CCC2=CC3CCCCC3C2)CC2CCCCC12. The van der Waals surface area contributed by atoms with Crippen LogP contribution in [0.2, 0.25) is 0 Å². The monoisotopic (exact) mass is 270 g/mol. The Kier molecular flexibility index (Phi) is 3.75. The number of fused-ring (bicyclic) bond motifs is 2. The van der Waals surface area contributed by atoms with Crippen molar-refractivity contribution in [2.45, 2.75) is 77.0 Å². The molecule has 0 N–H and O–H groups in total. The van der Waals surface area contributed by atoms with Gasteiger partial charge in [-0.15, -0.1) is 0 Å². The Morgan fingerprint density at radius 3 is 1.55 bits per heavy atom. The average Bonchev–Trinajstić information content (AvgIpc) is 3.07. The molecule has 4 unspecified atom stereocenters. The first-order valence-electron chi connectivity index (χ1n) is 9.27. The molecule has 4 aliphatic carbocycles. The largest absolute Gasteiger partial charge is 0.0819 e. The van der Waals surface area contributed by atoms with Crippen molar-refractivity contribution in [2.24, 2.45) is 23.7 Å². The van der Waals surface area contributed by atoms with Gasteiger partial charge in [0.15, 0.2) is 0 Å². The van der Waals surface area contributed by atoms with Crippen LogP contribution >= 0.6 is 0 Å². The second-order valence-electron chi connectivity index (χ2n) is 7.97. The summed E-state index contributed by atoms with van der Waals surface area (Å²) in [6.45, 7) is 0. The molecule has 20 heavy (non-hydrogen) atoms. The smallest absolute Gasteiger partial charge is 0.0199 e. The van der Waals surface area contributed by atoms with Crippen molar-refractivity contribution < 1.29 is 0 Å². The fraction of sp³-hybridized carbons (Fsp3) is 0.800. The Balaban J connectivity index is 1.31. The molecule has 0 spiro atoms. The third kappa shape index (κ3) is 2.63. The second-order valence-corrected chi connectivity index (χ2v) is 7.97. The Bertz CT molecular complexity index is 374. The maximum absolute atomic E-state index is 2.69. The van der Waals surface area contributed by atoms with E-state index in [0.29, 0.717) is 0 Å². The van der Waals surface area contributed by atoms with Crippen LogP contribution in [0.1, 0.15) is 77.0 Å². The van der Waals surface area contributed by atoms with Crippen molar-refractivity contribution in [3.8, 4) is 0 Å². The molecular weight excluding hydrogens is 240 g/mol. The van der Waals surface area contributed by atoms with Crippen molar-refractivity contribution in [1.29, 1.82) is 0 Å². The van der Waals surface area contributed by atoms with Crippen molar-refractivity contribution in [3.63, 3.8) is 0 Å². The summed E-state index contributed by atoms with van der Waals surface area (Å²) in [4.78, 5) is 0. The third-order valence-corrected chi connectivity index (χ3v) is 6.65. The van der Waals surface area contributed by atoms with E-state index in [0.717, 1.165) is 23.7 Å². The first kappa shape index (κ1) is 13.2. The summed E-state index contributed by atoms with van der Waals surface area (Å²) < 4.78 is 0. The normalized spacial score (nSPS) is 40.0. The van der Waals surface area contributed by atoms with Gasteiger partial charge in [0.2, 0.25) is 0 Å². The van der Waals surface area contributed by atoms with Crippen LogP contribution in [0.3, 0.4) is 0 Å². The van der Waals surface area contributed by atoms with Crippen LogP contribution in [-0.4, -0.2) is 0 Å². The van der Waals surface area contributed by atoms with Gasteiger partial charge in [-0.05, 0) is 75.0 Å². The summed E-state index contributed by atoms with van der Waals surface area (Å²) in [7, 11) is 0. The van der Waals surface area contributed by atoms with Gasteiger partial charge in [-0.3, -0.25) is 0 Å². The van der Waals surface area contributed by atoms with Crippen molar-refractivity contribution >= 4 is 0 Å². The Labute approximate surface area is 124 Å². The van der Waals surface area contributed by atoms with Crippen LogP contribution < -0.4 is 0 Å². The fourth-order valence-electron chi connectivity index (χ4n) is 5.53. The van der Waals surface area contributed by atoms with E-state index in [4.69, 9.17) is 0 Å². The summed E-state index contributed by atoms with van der Waals surface area (Å²) >= 11 is 0. The molecule has 0 heteroatoms. The van der Waals surface area contributed by atoms with Gasteiger partial charge in [-0.2, -0.15) is 0 Å². The Hall–Kier alpha value is -0.520. The van der Waals surface area contributed by atoms with E-state index < -0.39 is 0 Å². The minimum atomic E-state index is 0.971. The molecule has 0 nitrogen and oxygen atoms in total. The quantitative estimate of drug-likeness (QED) is 0.548. The lowest BCUT2D eigenvalue weighted by Gasteiger charge is -2.24. The molecule has 4 rings (SSSR count). The van der Waals surface area contributed by atoms with Crippen LogP contribution in [0.4, 0.5) is 0 Å². The van der Waals surface area contributed by atoms with Gasteiger partial charge in [0.25, 0.3) is 0 Å². The van der Waals surface area contributed by atoms with Crippen LogP contribution in [0, 0.1) is 23.7 Å². The van der Waals surface area contributed by atoms with Crippen molar-refractivity contribution in [2.75, 3.05) is 0 Å². The lowest BCUT2D eigenvalue weighted by Crippen LogP contribution is -2.12. The zero-order valence-corrected chi connectivity index (χ0v) is 12.9. The lowest BCUT2D eigenvalue weighted by molar-refractivity contribution is 0.301. The first-order chi connectivity index (χ1) is 9.88. The van der Waals surface area contributed by atoms with Crippen LogP contribution in [0.15, 0.2) is 23.3 Å². The highest BCUT2D eigenvalue weighted by atomic mass is 14.4. The van der Waals surface area contributed by atoms with E-state index in [-0.39, 0.29) is 0 Å². The summed E-state index contributed by atoms with van der Waals surface area (Å²) in [5, 5.41) is 0. The van der Waals surface area contributed by atoms with Gasteiger partial charge in [0, 0.05) is 0 Å². The molecule has 4 atom stereocenters. The third-order valence-electron chi connectivity index (χ3n) is 6.65. The summed E-state index contributed by atoms with van der Waals surface area (Å²) in [6, 6.07) is 0. The van der Waals surface area contributed by atoms with Gasteiger partial charge >= 0.3 is 0 Å². The minimum Gasteiger partial charge on any atom is -0.0819 e. The summed E-state index contributed by atoms with van der Waals surface area (Å²) in [5.41, 5.74) is 3.63. The van der Waals surface area contributed by atoms with Crippen LogP contribution in [-0.2, 0) is 0 Å². The molecule has 0 aliphatic heterocycles. The summed E-state index contributed by atoms with van der Waals surface area (Å²) in [6.07, 6.45) is 23.0. The number of rotatable bonds is 3. The molecule has 0 bridgehead atoms. The van der Waals surface area contributed by atoms with E-state index in [1.165, 1.54) is 77.0 Å². The molecule has 0 aromatic carbocycles. The van der Waals surface area contributed by atoms with Crippen molar-refractivity contribution in [1.82, 2.24) is 0 Å². The molecule has 2 fully saturated rings. The Morgan fingerprint density at radius 1 is 0.650 bits per heavy atom. The predicted molar refractivity (Wildman–Crippen MR) is 85.5 cm³/mol. The lowest BCUT2D eigenvalue weighted by atomic mass is 9.81. The minimum absolute atomic E-state index is 0.971. The highest BCUT2D eigenvalue weighted by Gasteiger charge is 2.31. The molecular formula is C20H30. The number of allylic oxidation sites excluding steroid dienone is 4. The number of hydrogen-bond acceptors (Lipinski definition) is 0. The average molecular weight is 270 g/mol. The highest BCUT2D eigenvalue weighted by Crippen LogP contribution is 2.45. The molecule has 0 heterocycles. The van der Waals surface area contributed by atoms with Gasteiger partial charge in [-0.1, -0.05) is 49.0 Å². The maximum atomic E-state index is 2.69. The highest BCUT2D eigenvalue weighted by molar-refractivity contribution is 5.20. The van der Waals surface area contributed by atoms with Gasteiger partial charge in [0.05, 0.1) is 0 Å². The maximum Gasteiger partial charge on any atom is -0.0199 e. The zero-order chi connectivity index (χ0) is 13.4. The topological polar surface area (TPSA) is 0 Å². The molecule has 0 aromatic rings. The molecule has 4 aliphatic rings. The van der Waals surface area contributed by atoms with Gasteiger partial charge in [-0.25, -0.2) is 0 Å². The molecule has 0 saturated heterocycles. The van der Waals surface area contributed by atoms with Gasteiger partial charge < -0.3 is 0 Å². The van der Waals surface area contributed by atoms with E-state index in [9.17, 15) is 0 Å². The first-order valence-corrected chi connectivity index (χ1v) is 9.27. The second kappa shape index (κ2) is 5.70. The molecule has 0 amide bonds. The zero-order valence-electron chi connectivity index (χ0n) is 12.9. The molecule has 0 radical (unpaired) electrons. The van der Waals surface area contributed by atoms with Gasteiger partial charge in [0.1, 0.15) is 0 Å². The van der Waals surface area contributed by atoms with Crippen LogP contribution in [0.25, 0.3) is 0 Å². The number of hydrogen-bond donors (Lipinski definition) is 0. The van der Waals surface area contributed by atoms with E-state index in [1.54, 1.807) is 0 Å². The van der Waals surface area contributed by atoms with Crippen molar-refractivity contribution in [3.05, 3.63) is 23.3 Å². The fourth-order valence-corrected chi connectivity index (χ4v) is 5.53. The predicted octanol–water partition coefficient (Wildman–Crippen LogP) is 6.04. The molecule has 110 valence electrons. The molecule has 0 aromatic heterocycles. The summed E-state index contributed by atoms with van der Waals surface area (Å²) in [5.74, 6) is 4.02. The van der Waals surface area contributed by atoms with E-state index in [1.807, 2.05) is 11.1 Å². The standard InChI is InChI=1S/C20H30/c1-2-6-18-12-15(11-17(18)5-1)9-10-16-13-19-7-3-4-8-20(19)14-16/h11,13,17-20H,1-10,12,14H2. The van der Waals surface area contributed by atoms with E-state index in [2.05, 4.69) is 12.2 Å². The van der Waals surface area contributed by atoms with E-state index >= 15 is 0 Å². The van der Waals surface area contributed by atoms with Crippen LogP contribution in [0.5, 0.6) is 0 Å².